The van der Waals surface area contributed by atoms with Gasteiger partial charge in [0.25, 0.3) is 0 Å². The zero-order valence-electron chi connectivity index (χ0n) is 9.24. The Morgan fingerprint density at radius 2 is 2.07 bits per heavy atom. The largest absolute Gasteiger partial charge is 0.249 e. The molecule has 1 aromatic rings. The molecule has 0 saturated heterocycles. The summed E-state index contributed by atoms with van der Waals surface area (Å²) in [5.74, 6) is 0. The van der Waals surface area contributed by atoms with Gasteiger partial charge in [-0.3, -0.25) is 0 Å². The minimum absolute atomic E-state index is 1.11. The van der Waals surface area contributed by atoms with Gasteiger partial charge in [-0.15, -0.1) is 0 Å². The molecule has 0 aromatic heterocycles. The molecule has 0 N–H and O–H groups in total. The Morgan fingerprint density at radius 3 is 2.87 bits per heavy atom. The molecule has 0 atom stereocenters. The predicted octanol–water partition coefficient (Wildman–Crippen LogP) is 2.56. The van der Waals surface area contributed by atoms with E-state index in [1.54, 1.807) is 0 Å². The van der Waals surface area contributed by atoms with Gasteiger partial charge in [-0.1, -0.05) is 44.0 Å². The second-order valence-electron chi connectivity index (χ2n) is 3.94. The first-order chi connectivity index (χ1) is 7.40. The number of para-hydroxylation sites is 1. The highest BCUT2D eigenvalue weighted by Crippen LogP contribution is 2.06. The van der Waals surface area contributed by atoms with Crippen LogP contribution in [0.5, 0.6) is 0 Å². The molecule has 0 unspecified atom stereocenters. The Bertz CT molecular complexity index is 431. The van der Waals surface area contributed by atoms with E-state index in [1.807, 2.05) is 6.07 Å². The van der Waals surface area contributed by atoms with Crippen LogP contribution in [-0.4, -0.2) is 0 Å². The minimum atomic E-state index is 1.11. The number of unbranched alkanes of at least 4 members (excludes halogenated alkanes) is 3. The Balaban J connectivity index is 2.07. The van der Waals surface area contributed by atoms with Crippen molar-refractivity contribution in [3.8, 4) is 0 Å². The minimum Gasteiger partial charge on any atom is -0.249 e. The van der Waals surface area contributed by atoms with Crippen molar-refractivity contribution in [3.05, 3.63) is 46.6 Å². The van der Waals surface area contributed by atoms with Crippen molar-refractivity contribution < 1.29 is 0 Å². The smallest absolute Gasteiger partial charge is 0.0709 e. The molecule has 1 nitrogen and oxygen atoms in total. The van der Waals surface area contributed by atoms with Gasteiger partial charge in [0, 0.05) is 5.22 Å². The second kappa shape index (κ2) is 4.92. The fourth-order valence-electron chi connectivity index (χ4n) is 1.79. The van der Waals surface area contributed by atoms with Crippen LogP contribution in [0.2, 0.25) is 0 Å². The number of benzene rings is 1. The Morgan fingerprint density at radius 1 is 1.20 bits per heavy atom. The van der Waals surface area contributed by atoms with E-state index in [-0.39, 0.29) is 0 Å². The van der Waals surface area contributed by atoms with E-state index in [4.69, 9.17) is 0 Å². The van der Waals surface area contributed by atoms with E-state index in [0.717, 1.165) is 17.5 Å². The molecule has 0 radical (unpaired) electrons. The highest BCUT2D eigenvalue weighted by atomic mass is 14.7. The first-order valence-corrected chi connectivity index (χ1v) is 5.76. The van der Waals surface area contributed by atoms with Gasteiger partial charge in [-0.05, 0) is 25.0 Å². The number of nitrogens with zero attached hydrogens (tertiary/aromatic N) is 1. The SMILES string of the molecule is CCCCCC=C1C=c2ccccc2=N1. The maximum absolute atomic E-state index is 4.55. The number of rotatable bonds is 4. The molecule has 78 valence electrons. The Kier molecular flexibility index (Phi) is 3.33. The first kappa shape index (κ1) is 10.2. The quantitative estimate of drug-likeness (QED) is 0.661. The summed E-state index contributed by atoms with van der Waals surface area (Å²) in [6.45, 7) is 2.23. The number of fused-ring (bicyclic) bond motifs is 1. The van der Waals surface area contributed by atoms with Crippen molar-refractivity contribution in [3.63, 3.8) is 0 Å². The second-order valence-corrected chi connectivity index (χ2v) is 3.94. The van der Waals surface area contributed by atoms with Crippen LogP contribution in [0, 0.1) is 0 Å². The number of allylic oxidation sites excluding steroid dienone is 2. The Hall–Kier alpha value is -1.37. The fourth-order valence-corrected chi connectivity index (χ4v) is 1.79. The van der Waals surface area contributed by atoms with Gasteiger partial charge in [-0.25, -0.2) is 4.99 Å². The van der Waals surface area contributed by atoms with Crippen LogP contribution >= 0.6 is 0 Å². The summed E-state index contributed by atoms with van der Waals surface area (Å²) in [6, 6.07) is 8.28. The van der Waals surface area contributed by atoms with Crippen molar-refractivity contribution in [2.24, 2.45) is 4.99 Å². The molecule has 15 heavy (non-hydrogen) atoms. The monoisotopic (exact) mass is 199 g/mol. The zero-order chi connectivity index (χ0) is 10.5. The van der Waals surface area contributed by atoms with Gasteiger partial charge < -0.3 is 0 Å². The van der Waals surface area contributed by atoms with Gasteiger partial charge in [0.15, 0.2) is 0 Å². The lowest BCUT2D eigenvalue weighted by molar-refractivity contribution is 0.728. The van der Waals surface area contributed by atoms with Gasteiger partial charge in [0.1, 0.15) is 0 Å². The normalized spacial score (nSPS) is 15.9. The fraction of sp³-hybridized carbons (Fsp3) is 0.357. The molecule has 0 fully saturated rings. The van der Waals surface area contributed by atoms with Crippen LogP contribution in [0.4, 0.5) is 0 Å². The molecule has 1 heterocycles. The van der Waals surface area contributed by atoms with Crippen LogP contribution in [0.25, 0.3) is 6.08 Å². The summed E-state index contributed by atoms with van der Waals surface area (Å²) < 4.78 is 0. The maximum Gasteiger partial charge on any atom is 0.0709 e. The summed E-state index contributed by atoms with van der Waals surface area (Å²) in [4.78, 5) is 4.55. The molecule has 0 spiro atoms. The molecule has 1 heteroatoms. The average molecular weight is 199 g/mol. The lowest BCUT2D eigenvalue weighted by Crippen LogP contribution is -2.19. The topological polar surface area (TPSA) is 12.4 Å². The van der Waals surface area contributed by atoms with E-state index in [1.165, 1.54) is 24.5 Å². The molecular weight excluding hydrogens is 182 g/mol. The summed E-state index contributed by atoms with van der Waals surface area (Å²) in [7, 11) is 0. The third-order valence-corrected chi connectivity index (χ3v) is 2.65. The van der Waals surface area contributed by atoms with Gasteiger partial charge >= 0.3 is 0 Å². The summed E-state index contributed by atoms with van der Waals surface area (Å²) in [6.07, 6.45) is 9.44. The lowest BCUT2D eigenvalue weighted by Gasteiger charge is -1.92. The average Bonchev–Trinajstić information content (AvgIpc) is 2.67. The number of hydrogen-bond acceptors (Lipinski definition) is 1. The number of hydrogen-bond donors (Lipinski definition) is 0. The Labute approximate surface area is 90.9 Å². The van der Waals surface area contributed by atoms with E-state index in [9.17, 15) is 0 Å². The summed E-state index contributed by atoms with van der Waals surface area (Å²) >= 11 is 0. The first-order valence-electron chi connectivity index (χ1n) is 5.76. The van der Waals surface area contributed by atoms with Crippen molar-refractivity contribution in [1.29, 1.82) is 0 Å². The van der Waals surface area contributed by atoms with Crippen molar-refractivity contribution in [2.75, 3.05) is 0 Å². The van der Waals surface area contributed by atoms with Crippen LogP contribution < -0.4 is 10.6 Å². The molecule has 1 aliphatic rings. The summed E-state index contributed by atoms with van der Waals surface area (Å²) in [5, 5.41) is 2.36. The predicted molar refractivity (Wildman–Crippen MR) is 63.9 cm³/mol. The zero-order valence-corrected chi connectivity index (χ0v) is 9.24. The maximum atomic E-state index is 4.55. The molecule has 0 bridgehead atoms. The van der Waals surface area contributed by atoms with Crippen LogP contribution in [0.3, 0.4) is 0 Å². The summed E-state index contributed by atoms with van der Waals surface area (Å²) in [5.41, 5.74) is 1.13. The van der Waals surface area contributed by atoms with E-state index in [2.05, 4.69) is 42.3 Å². The molecule has 2 rings (SSSR count). The molecule has 0 aliphatic carbocycles. The van der Waals surface area contributed by atoms with Gasteiger partial charge in [-0.2, -0.15) is 0 Å². The molecular formula is C14H17N. The van der Waals surface area contributed by atoms with Crippen molar-refractivity contribution in [2.45, 2.75) is 32.6 Å². The van der Waals surface area contributed by atoms with E-state index < -0.39 is 0 Å². The van der Waals surface area contributed by atoms with Crippen LogP contribution in [-0.2, 0) is 0 Å². The van der Waals surface area contributed by atoms with E-state index >= 15 is 0 Å². The van der Waals surface area contributed by atoms with Crippen LogP contribution in [0.15, 0.2) is 41.0 Å². The van der Waals surface area contributed by atoms with Gasteiger partial charge in [0.05, 0.1) is 11.1 Å². The highest BCUT2D eigenvalue weighted by Gasteiger charge is 1.98. The van der Waals surface area contributed by atoms with Crippen molar-refractivity contribution in [1.82, 2.24) is 0 Å². The lowest BCUT2D eigenvalue weighted by atomic mass is 10.2. The van der Waals surface area contributed by atoms with E-state index in [0.29, 0.717) is 0 Å². The molecule has 1 aliphatic heterocycles. The third kappa shape index (κ3) is 2.56. The third-order valence-electron chi connectivity index (χ3n) is 2.65. The molecule has 0 amide bonds. The molecule has 1 aromatic carbocycles. The highest BCUT2D eigenvalue weighted by molar-refractivity contribution is 5.48. The van der Waals surface area contributed by atoms with Crippen LogP contribution in [0.1, 0.15) is 32.6 Å². The standard InChI is InChI=1S/C14H17N/c1-2-3-4-5-9-13-11-12-8-6-7-10-14(12)15-13/h6-11H,2-5H2,1H3. The van der Waals surface area contributed by atoms with Crippen molar-refractivity contribution >= 4 is 6.08 Å². The van der Waals surface area contributed by atoms with Gasteiger partial charge in [0.2, 0.25) is 0 Å². The molecule has 0 saturated carbocycles.